The van der Waals surface area contributed by atoms with Gasteiger partial charge in [0, 0.05) is 18.1 Å². The van der Waals surface area contributed by atoms with Crippen LogP contribution in [0.4, 0.5) is 11.5 Å². The summed E-state index contributed by atoms with van der Waals surface area (Å²) in [4.78, 5) is 14.0. The summed E-state index contributed by atoms with van der Waals surface area (Å²) >= 11 is 5.79. The smallest absolute Gasteiger partial charge is 0.258 e. The van der Waals surface area contributed by atoms with Gasteiger partial charge < -0.3 is 0 Å². The lowest BCUT2D eigenvalue weighted by Gasteiger charge is -2.10. The first-order valence-electron chi connectivity index (χ1n) is 5.70. The van der Waals surface area contributed by atoms with Crippen LogP contribution in [0.3, 0.4) is 0 Å². The van der Waals surface area contributed by atoms with Crippen molar-refractivity contribution in [2.75, 3.05) is 12.1 Å². The number of hydrazone groups is 1. The summed E-state index contributed by atoms with van der Waals surface area (Å²) < 4.78 is 0. The first-order valence-corrected chi connectivity index (χ1v) is 6.08. The molecule has 0 radical (unpaired) electrons. The number of benzene rings is 1. The van der Waals surface area contributed by atoms with Gasteiger partial charge in [-0.25, -0.2) is 4.98 Å². The van der Waals surface area contributed by atoms with Crippen molar-refractivity contribution in [1.82, 2.24) is 4.98 Å². The molecule has 1 heterocycles. The largest absolute Gasteiger partial charge is 0.287 e. The SMILES string of the molecule is CN(/N=C/c1ccc(Cl)cc1)c1ccc([N+](=O)[O-])cn1. The summed E-state index contributed by atoms with van der Waals surface area (Å²) in [6, 6.07) is 10.1. The van der Waals surface area contributed by atoms with Crippen molar-refractivity contribution in [2.45, 2.75) is 0 Å². The minimum absolute atomic E-state index is 0.0520. The van der Waals surface area contributed by atoms with Crippen LogP contribution in [-0.4, -0.2) is 23.2 Å². The molecule has 2 rings (SSSR count). The lowest BCUT2D eigenvalue weighted by Crippen LogP contribution is -2.10. The maximum Gasteiger partial charge on any atom is 0.287 e. The molecule has 0 saturated heterocycles. The van der Waals surface area contributed by atoms with E-state index < -0.39 is 4.92 Å². The number of aromatic nitrogens is 1. The molecule has 0 aliphatic carbocycles. The van der Waals surface area contributed by atoms with E-state index in [-0.39, 0.29) is 5.69 Å². The Morgan fingerprint density at radius 2 is 2.00 bits per heavy atom. The Labute approximate surface area is 120 Å². The Morgan fingerprint density at radius 1 is 1.30 bits per heavy atom. The number of hydrogen-bond acceptors (Lipinski definition) is 5. The average molecular weight is 291 g/mol. The number of pyridine rings is 1. The summed E-state index contributed by atoms with van der Waals surface area (Å²) in [6.07, 6.45) is 2.85. The van der Waals surface area contributed by atoms with Gasteiger partial charge >= 0.3 is 0 Å². The third-order valence-electron chi connectivity index (χ3n) is 2.52. The number of nitro groups is 1. The molecule has 0 aliphatic heterocycles. The molecule has 1 aromatic carbocycles. The topological polar surface area (TPSA) is 71.6 Å². The number of hydrogen-bond donors (Lipinski definition) is 0. The Hall–Kier alpha value is -2.47. The Kier molecular flexibility index (Phi) is 4.27. The van der Waals surface area contributed by atoms with Crippen LogP contribution in [-0.2, 0) is 0 Å². The third kappa shape index (κ3) is 3.52. The summed E-state index contributed by atoms with van der Waals surface area (Å²) in [7, 11) is 1.71. The second kappa shape index (κ2) is 6.12. The number of halogens is 1. The molecule has 0 spiro atoms. The van der Waals surface area contributed by atoms with Gasteiger partial charge in [0.15, 0.2) is 0 Å². The minimum atomic E-state index is -0.492. The highest BCUT2D eigenvalue weighted by atomic mass is 35.5. The molecular formula is C13H11ClN4O2. The quantitative estimate of drug-likeness (QED) is 0.493. The second-order valence-electron chi connectivity index (χ2n) is 3.95. The summed E-state index contributed by atoms with van der Waals surface area (Å²) in [6.45, 7) is 0. The Morgan fingerprint density at radius 3 is 2.55 bits per heavy atom. The highest BCUT2D eigenvalue weighted by molar-refractivity contribution is 6.30. The van der Waals surface area contributed by atoms with Gasteiger partial charge in [-0.2, -0.15) is 5.10 Å². The van der Waals surface area contributed by atoms with Gasteiger partial charge in [-0.15, -0.1) is 0 Å². The van der Waals surface area contributed by atoms with Crippen molar-refractivity contribution in [1.29, 1.82) is 0 Å². The molecule has 20 heavy (non-hydrogen) atoms. The van der Waals surface area contributed by atoms with E-state index in [1.165, 1.54) is 23.3 Å². The van der Waals surface area contributed by atoms with Crippen LogP contribution in [0.2, 0.25) is 5.02 Å². The Bertz CT molecular complexity index is 626. The van der Waals surface area contributed by atoms with E-state index in [0.29, 0.717) is 10.8 Å². The van der Waals surface area contributed by atoms with E-state index in [1.54, 1.807) is 25.4 Å². The average Bonchev–Trinajstić information content (AvgIpc) is 2.46. The van der Waals surface area contributed by atoms with E-state index >= 15 is 0 Å². The number of anilines is 1. The molecule has 102 valence electrons. The van der Waals surface area contributed by atoms with Crippen LogP contribution in [0.1, 0.15) is 5.56 Å². The van der Waals surface area contributed by atoms with E-state index in [0.717, 1.165) is 5.56 Å². The zero-order chi connectivity index (χ0) is 14.5. The molecule has 0 unspecified atom stereocenters. The van der Waals surface area contributed by atoms with Crippen molar-refractivity contribution in [3.63, 3.8) is 0 Å². The van der Waals surface area contributed by atoms with E-state index in [9.17, 15) is 10.1 Å². The molecule has 0 aliphatic rings. The predicted octanol–water partition coefficient (Wildman–Crippen LogP) is 3.11. The Balaban J connectivity index is 2.09. The monoisotopic (exact) mass is 290 g/mol. The summed E-state index contributed by atoms with van der Waals surface area (Å²) in [5.41, 5.74) is 0.840. The standard InChI is InChI=1S/C13H11ClN4O2/c1-17(13-7-6-12(9-15-13)18(19)20)16-8-10-2-4-11(14)5-3-10/h2-9H,1H3/b16-8+. The van der Waals surface area contributed by atoms with Gasteiger partial charge in [0.1, 0.15) is 12.0 Å². The molecule has 0 bridgehead atoms. The molecule has 0 N–H and O–H groups in total. The molecular weight excluding hydrogens is 280 g/mol. The maximum atomic E-state index is 10.5. The van der Waals surface area contributed by atoms with Crippen LogP contribution in [0.15, 0.2) is 47.7 Å². The van der Waals surface area contributed by atoms with E-state index in [4.69, 9.17) is 11.6 Å². The fourth-order valence-electron chi connectivity index (χ4n) is 1.44. The van der Waals surface area contributed by atoms with Gasteiger partial charge in [-0.3, -0.25) is 15.1 Å². The summed E-state index contributed by atoms with van der Waals surface area (Å²) in [5, 5.41) is 16.9. The first kappa shape index (κ1) is 14.0. The minimum Gasteiger partial charge on any atom is -0.258 e. The van der Waals surface area contributed by atoms with Crippen LogP contribution < -0.4 is 5.01 Å². The second-order valence-corrected chi connectivity index (χ2v) is 4.39. The van der Waals surface area contributed by atoms with Crippen LogP contribution in [0, 0.1) is 10.1 Å². The lowest BCUT2D eigenvalue weighted by molar-refractivity contribution is -0.385. The predicted molar refractivity (Wildman–Crippen MR) is 78.3 cm³/mol. The maximum absolute atomic E-state index is 10.5. The molecule has 2 aromatic rings. The first-order chi connectivity index (χ1) is 9.56. The van der Waals surface area contributed by atoms with Crippen molar-refractivity contribution < 1.29 is 4.92 Å². The van der Waals surface area contributed by atoms with Gasteiger partial charge in [0.05, 0.1) is 11.1 Å². The number of nitrogens with zero attached hydrogens (tertiary/aromatic N) is 4. The molecule has 0 saturated carbocycles. The summed E-state index contributed by atoms with van der Waals surface area (Å²) in [5.74, 6) is 0.515. The zero-order valence-electron chi connectivity index (χ0n) is 10.6. The van der Waals surface area contributed by atoms with Gasteiger partial charge in [0.2, 0.25) is 0 Å². The molecule has 0 fully saturated rings. The van der Waals surface area contributed by atoms with E-state index in [2.05, 4.69) is 10.1 Å². The molecule has 6 nitrogen and oxygen atoms in total. The van der Waals surface area contributed by atoms with Gasteiger partial charge in [-0.05, 0) is 23.8 Å². The number of rotatable bonds is 4. The molecule has 0 amide bonds. The van der Waals surface area contributed by atoms with Crippen molar-refractivity contribution in [3.05, 3.63) is 63.3 Å². The fourth-order valence-corrected chi connectivity index (χ4v) is 1.56. The lowest BCUT2D eigenvalue weighted by atomic mass is 10.2. The van der Waals surface area contributed by atoms with Gasteiger partial charge in [-0.1, -0.05) is 23.7 Å². The molecule has 7 heteroatoms. The van der Waals surface area contributed by atoms with Crippen molar-refractivity contribution in [3.8, 4) is 0 Å². The highest BCUT2D eigenvalue weighted by Gasteiger charge is 2.06. The molecule has 0 atom stereocenters. The normalized spacial score (nSPS) is 10.7. The molecule has 1 aromatic heterocycles. The fraction of sp³-hybridized carbons (Fsp3) is 0.0769. The zero-order valence-corrected chi connectivity index (χ0v) is 11.4. The van der Waals surface area contributed by atoms with Crippen LogP contribution >= 0.6 is 11.6 Å². The highest BCUT2D eigenvalue weighted by Crippen LogP contribution is 2.15. The van der Waals surface area contributed by atoms with Crippen molar-refractivity contribution in [2.24, 2.45) is 5.10 Å². The van der Waals surface area contributed by atoms with Crippen molar-refractivity contribution >= 4 is 29.3 Å². The van der Waals surface area contributed by atoms with Gasteiger partial charge in [0.25, 0.3) is 5.69 Å². The van der Waals surface area contributed by atoms with Crippen LogP contribution in [0.5, 0.6) is 0 Å². The van der Waals surface area contributed by atoms with Crippen LogP contribution in [0.25, 0.3) is 0 Å². The van der Waals surface area contributed by atoms with E-state index in [1.807, 2.05) is 12.1 Å². The third-order valence-corrected chi connectivity index (χ3v) is 2.78.